The zero-order valence-electron chi connectivity index (χ0n) is 11.2. The summed E-state index contributed by atoms with van der Waals surface area (Å²) in [6.07, 6.45) is 4.57. The van der Waals surface area contributed by atoms with Gasteiger partial charge in [-0.15, -0.1) is 11.3 Å². The van der Waals surface area contributed by atoms with Crippen LogP contribution in [0.25, 0.3) is 0 Å². The molecular weight excluding hydrogens is 295 g/mol. The van der Waals surface area contributed by atoms with E-state index in [1.165, 1.54) is 23.4 Å². The van der Waals surface area contributed by atoms with Crippen molar-refractivity contribution in [3.63, 3.8) is 0 Å². The molecule has 1 atom stereocenters. The molecule has 20 heavy (non-hydrogen) atoms. The summed E-state index contributed by atoms with van der Waals surface area (Å²) in [5.74, 6) is -0.360. The highest BCUT2D eigenvalue weighted by Gasteiger charge is 2.24. The van der Waals surface area contributed by atoms with Crippen molar-refractivity contribution in [2.75, 3.05) is 7.05 Å². The van der Waals surface area contributed by atoms with Crippen molar-refractivity contribution in [1.29, 1.82) is 0 Å². The van der Waals surface area contributed by atoms with Gasteiger partial charge in [-0.2, -0.15) is 0 Å². The second kappa shape index (κ2) is 5.80. The summed E-state index contributed by atoms with van der Waals surface area (Å²) in [5.41, 5.74) is 1.75. The molecule has 3 rings (SSSR count). The zero-order valence-corrected chi connectivity index (χ0v) is 12.8. The summed E-state index contributed by atoms with van der Waals surface area (Å²) in [6.45, 7) is 0. The number of hydrogen-bond acceptors (Lipinski definition) is 3. The van der Waals surface area contributed by atoms with Gasteiger partial charge in [0.05, 0.1) is 16.8 Å². The summed E-state index contributed by atoms with van der Waals surface area (Å²) in [7, 11) is 1.82. The van der Waals surface area contributed by atoms with Crippen LogP contribution in [0.5, 0.6) is 0 Å². The van der Waals surface area contributed by atoms with Gasteiger partial charge in [0.25, 0.3) is 0 Å². The first-order valence-corrected chi connectivity index (χ1v) is 8.00. The molecule has 1 aliphatic carbocycles. The standard InChI is InChI=1S/C15H16ClFN2S/c1-18-14(9-5-4-6-10(16)13(9)17)15-19-11-7-2-3-8-12(11)20-15/h4-6,14,18H,2-3,7-8H2,1H3. The van der Waals surface area contributed by atoms with E-state index in [4.69, 9.17) is 16.6 Å². The van der Waals surface area contributed by atoms with Gasteiger partial charge < -0.3 is 5.32 Å². The van der Waals surface area contributed by atoms with Gasteiger partial charge in [-0.25, -0.2) is 9.37 Å². The van der Waals surface area contributed by atoms with E-state index >= 15 is 0 Å². The smallest absolute Gasteiger partial charge is 0.146 e. The largest absolute Gasteiger partial charge is 0.307 e. The van der Waals surface area contributed by atoms with E-state index in [0.717, 1.165) is 17.8 Å². The van der Waals surface area contributed by atoms with Crippen LogP contribution in [0.1, 0.15) is 40.0 Å². The van der Waals surface area contributed by atoms with Gasteiger partial charge >= 0.3 is 0 Å². The van der Waals surface area contributed by atoms with Gasteiger partial charge in [0, 0.05) is 10.4 Å². The highest BCUT2D eigenvalue weighted by Crippen LogP contribution is 2.34. The van der Waals surface area contributed by atoms with Crippen LogP contribution in [0.15, 0.2) is 18.2 Å². The van der Waals surface area contributed by atoms with Crippen molar-refractivity contribution in [1.82, 2.24) is 10.3 Å². The molecule has 106 valence electrons. The number of rotatable bonds is 3. The molecule has 0 radical (unpaired) electrons. The number of nitrogens with one attached hydrogen (secondary N) is 1. The predicted octanol–water partition coefficient (Wildman–Crippen LogP) is 4.12. The number of halogens is 2. The van der Waals surface area contributed by atoms with Crippen LogP contribution in [0.3, 0.4) is 0 Å². The number of aromatic nitrogens is 1. The highest BCUT2D eigenvalue weighted by atomic mass is 35.5. The summed E-state index contributed by atoms with van der Waals surface area (Å²) in [4.78, 5) is 6.07. The fourth-order valence-electron chi connectivity index (χ4n) is 2.65. The third kappa shape index (κ3) is 2.48. The minimum absolute atomic E-state index is 0.157. The molecule has 1 aromatic heterocycles. The van der Waals surface area contributed by atoms with Crippen molar-refractivity contribution < 1.29 is 4.39 Å². The fraction of sp³-hybridized carbons (Fsp3) is 0.400. The summed E-state index contributed by atoms with van der Waals surface area (Å²) in [6, 6.07) is 4.88. The summed E-state index contributed by atoms with van der Waals surface area (Å²) in [5, 5.41) is 4.25. The van der Waals surface area contributed by atoms with E-state index in [1.807, 2.05) is 7.05 Å². The molecular formula is C15H16ClFN2S. The molecule has 0 fully saturated rings. The van der Waals surface area contributed by atoms with Crippen LogP contribution in [0.2, 0.25) is 5.02 Å². The van der Waals surface area contributed by atoms with E-state index in [2.05, 4.69) is 5.32 Å². The minimum Gasteiger partial charge on any atom is -0.307 e. The molecule has 2 aromatic rings. The Morgan fingerprint density at radius 3 is 2.90 bits per heavy atom. The zero-order chi connectivity index (χ0) is 14.1. The molecule has 0 bridgehead atoms. The molecule has 0 saturated carbocycles. The normalized spacial score (nSPS) is 15.9. The SMILES string of the molecule is CNC(c1nc2c(s1)CCCC2)c1cccc(Cl)c1F. The van der Waals surface area contributed by atoms with Crippen LogP contribution >= 0.6 is 22.9 Å². The van der Waals surface area contributed by atoms with Crippen molar-refractivity contribution in [3.8, 4) is 0 Å². The van der Waals surface area contributed by atoms with Crippen LogP contribution in [0, 0.1) is 5.82 Å². The number of benzene rings is 1. The lowest BCUT2D eigenvalue weighted by Gasteiger charge is -2.15. The summed E-state index contributed by atoms with van der Waals surface area (Å²) < 4.78 is 14.2. The number of thiazole rings is 1. The van der Waals surface area contributed by atoms with Gasteiger partial charge in [-0.1, -0.05) is 23.7 Å². The molecule has 1 aromatic carbocycles. The van der Waals surface area contributed by atoms with Crippen molar-refractivity contribution in [2.45, 2.75) is 31.7 Å². The Hall–Kier alpha value is -0.970. The Morgan fingerprint density at radius 2 is 2.15 bits per heavy atom. The lowest BCUT2D eigenvalue weighted by molar-refractivity contribution is 0.574. The maximum Gasteiger partial charge on any atom is 0.146 e. The molecule has 1 N–H and O–H groups in total. The van der Waals surface area contributed by atoms with E-state index in [0.29, 0.717) is 5.56 Å². The van der Waals surface area contributed by atoms with E-state index < -0.39 is 0 Å². The minimum atomic E-state index is -0.360. The van der Waals surface area contributed by atoms with Gasteiger partial charge in [0.1, 0.15) is 10.8 Å². The quantitative estimate of drug-likeness (QED) is 0.922. The van der Waals surface area contributed by atoms with Gasteiger partial charge in [0.15, 0.2) is 0 Å². The second-order valence-electron chi connectivity index (χ2n) is 4.99. The average molecular weight is 311 g/mol. The number of nitrogens with zero attached hydrogens (tertiary/aromatic N) is 1. The third-order valence-electron chi connectivity index (χ3n) is 3.69. The van der Waals surface area contributed by atoms with Crippen LogP contribution in [-0.4, -0.2) is 12.0 Å². The van der Waals surface area contributed by atoms with Gasteiger partial charge in [0.2, 0.25) is 0 Å². The fourth-order valence-corrected chi connectivity index (χ4v) is 4.12. The molecule has 1 unspecified atom stereocenters. The first-order valence-electron chi connectivity index (χ1n) is 6.80. The van der Waals surface area contributed by atoms with E-state index in [9.17, 15) is 4.39 Å². The van der Waals surface area contributed by atoms with Crippen molar-refractivity contribution in [3.05, 3.63) is 50.2 Å². The van der Waals surface area contributed by atoms with Crippen molar-refractivity contribution in [2.24, 2.45) is 0 Å². The highest BCUT2D eigenvalue weighted by molar-refractivity contribution is 7.11. The Labute approximate surface area is 127 Å². The van der Waals surface area contributed by atoms with Crippen molar-refractivity contribution >= 4 is 22.9 Å². The number of hydrogen-bond donors (Lipinski definition) is 1. The lowest BCUT2D eigenvalue weighted by Crippen LogP contribution is -2.19. The van der Waals surface area contributed by atoms with Gasteiger partial charge in [-0.3, -0.25) is 0 Å². The molecule has 1 heterocycles. The Kier molecular flexibility index (Phi) is 4.06. The van der Waals surface area contributed by atoms with E-state index in [1.54, 1.807) is 29.5 Å². The molecule has 0 saturated heterocycles. The molecule has 0 aliphatic heterocycles. The van der Waals surface area contributed by atoms with E-state index in [-0.39, 0.29) is 16.9 Å². The van der Waals surface area contributed by atoms with Crippen LogP contribution in [-0.2, 0) is 12.8 Å². The first-order chi connectivity index (χ1) is 9.70. The molecule has 0 amide bonds. The molecule has 1 aliphatic rings. The molecule has 5 heteroatoms. The Balaban J connectivity index is 2.01. The van der Waals surface area contributed by atoms with Gasteiger partial charge in [-0.05, 0) is 38.8 Å². The number of aryl methyl sites for hydroxylation is 2. The first kappa shape index (κ1) is 14.0. The lowest BCUT2D eigenvalue weighted by atomic mass is 10.0. The Bertz CT molecular complexity index is 603. The molecule has 0 spiro atoms. The molecule has 2 nitrogen and oxygen atoms in total. The third-order valence-corrected chi connectivity index (χ3v) is 5.20. The monoisotopic (exact) mass is 310 g/mol. The second-order valence-corrected chi connectivity index (χ2v) is 6.52. The summed E-state index contributed by atoms with van der Waals surface area (Å²) >= 11 is 7.58. The topological polar surface area (TPSA) is 24.9 Å². The maximum atomic E-state index is 14.2. The maximum absolute atomic E-state index is 14.2. The van der Waals surface area contributed by atoms with Crippen LogP contribution < -0.4 is 5.32 Å². The predicted molar refractivity (Wildman–Crippen MR) is 81.1 cm³/mol. The average Bonchev–Trinajstić information content (AvgIpc) is 2.87. The Morgan fingerprint density at radius 1 is 1.35 bits per heavy atom. The van der Waals surface area contributed by atoms with Crippen LogP contribution in [0.4, 0.5) is 4.39 Å². The number of fused-ring (bicyclic) bond motifs is 1.